The van der Waals surface area contributed by atoms with E-state index < -0.39 is 20.2 Å². The fraction of sp³-hybridized carbons (Fsp3) is 0. The fourth-order valence-corrected chi connectivity index (χ4v) is 2.39. The zero-order valence-corrected chi connectivity index (χ0v) is 18.5. The molecule has 0 N–H and O–H groups in total. The van der Waals surface area contributed by atoms with Crippen LogP contribution in [0.4, 0.5) is 0 Å². The number of benzene rings is 2. The molecule has 0 unspecified atom stereocenters. The van der Waals surface area contributed by atoms with E-state index in [2.05, 4.69) is 0 Å². The first-order chi connectivity index (χ1) is 10.00. The first-order valence-corrected chi connectivity index (χ1v) is 9.00. The molecule has 2 rings (SSSR count). The second kappa shape index (κ2) is 9.30. The number of halogens is 2. The van der Waals surface area contributed by atoms with Crippen molar-refractivity contribution in [3.63, 3.8) is 0 Å². The van der Waals surface area contributed by atoms with E-state index in [1.54, 1.807) is 0 Å². The van der Waals surface area contributed by atoms with Crippen LogP contribution in [0, 0.1) is 0 Å². The second-order valence-corrected chi connectivity index (χ2v) is 7.45. The fourth-order valence-electron chi connectivity index (χ4n) is 1.20. The van der Waals surface area contributed by atoms with Crippen LogP contribution in [-0.4, -0.2) is 25.9 Å². The Hall–Kier alpha value is -0.238. The quantitative estimate of drug-likeness (QED) is 0.467. The maximum absolute atomic E-state index is 10.3. The molecule has 0 radical (unpaired) electrons. The van der Waals surface area contributed by atoms with Crippen LogP contribution < -0.4 is 0 Å². The summed E-state index contributed by atoms with van der Waals surface area (Å²) in [6, 6.07) is 10.1. The number of hydrogen-bond donors (Lipinski definition) is 0. The van der Waals surface area contributed by atoms with E-state index in [0.29, 0.717) is 10.0 Å². The molecular weight excluding hydrogens is 488 g/mol. The van der Waals surface area contributed by atoms with E-state index in [0.717, 1.165) is 0 Å². The topological polar surface area (TPSA) is 114 Å². The molecule has 2 aromatic carbocycles. The van der Waals surface area contributed by atoms with E-state index >= 15 is 0 Å². The molecule has 0 aliphatic rings. The van der Waals surface area contributed by atoms with E-state index in [9.17, 15) is 25.9 Å². The number of rotatable bonds is 2. The average Bonchev–Trinajstić information content (AvgIpc) is 2.38. The summed E-state index contributed by atoms with van der Waals surface area (Å²) < 4.78 is 62.1. The van der Waals surface area contributed by atoms with Crippen LogP contribution in [0.15, 0.2) is 58.3 Å². The average molecular weight is 496 g/mol. The Bertz CT molecular complexity index is 761. The normalized spacial score (nSPS) is 11.0. The van der Waals surface area contributed by atoms with Gasteiger partial charge in [-0.05, 0) is 48.5 Å². The molecule has 0 saturated carbocycles. The zero-order valence-electron chi connectivity index (χ0n) is 11.3. The molecule has 0 saturated heterocycles. The summed E-state index contributed by atoms with van der Waals surface area (Å²) in [5.74, 6) is 0. The molecular formula is C12H8CdCl2O6S2. The molecule has 6 nitrogen and oxygen atoms in total. The van der Waals surface area contributed by atoms with Crippen molar-refractivity contribution < 1.29 is 53.2 Å². The van der Waals surface area contributed by atoms with Gasteiger partial charge in [-0.15, -0.1) is 0 Å². The van der Waals surface area contributed by atoms with Crippen molar-refractivity contribution in [2.45, 2.75) is 9.79 Å². The van der Waals surface area contributed by atoms with E-state index in [1.165, 1.54) is 48.5 Å². The van der Waals surface area contributed by atoms with E-state index in [4.69, 9.17) is 23.2 Å². The molecule has 0 aliphatic carbocycles. The minimum Gasteiger partial charge on any atom is -0.744 e. The van der Waals surface area contributed by atoms with Crippen molar-refractivity contribution in [3.8, 4) is 0 Å². The maximum Gasteiger partial charge on any atom is 2.00 e. The summed E-state index contributed by atoms with van der Waals surface area (Å²) in [6.07, 6.45) is 0. The third kappa shape index (κ3) is 8.42. The van der Waals surface area contributed by atoms with Crippen molar-refractivity contribution >= 4 is 43.4 Å². The Morgan fingerprint density at radius 3 is 1.00 bits per heavy atom. The van der Waals surface area contributed by atoms with Gasteiger partial charge in [0.2, 0.25) is 0 Å². The molecule has 0 bridgehead atoms. The van der Waals surface area contributed by atoms with E-state index in [-0.39, 0.29) is 37.1 Å². The smallest absolute Gasteiger partial charge is 0.744 e. The van der Waals surface area contributed by atoms with Crippen LogP contribution in [0.25, 0.3) is 0 Å². The Balaban J connectivity index is 0.000000403. The van der Waals surface area contributed by atoms with Gasteiger partial charge in [0.05, 0.1) is 9.79 Å². The molecule has 0 heterocycles. The Morgan fingerprint density at radius 1 is 0.609 bits per heavy atom. The Labute approximate surface area is 164 Å². The molecule has 0 fully saturated rings. The van der Waals surface area contributed by atoms with Crippen molar-refractivity contribution in [3.05, 3.63) is 58.6 Å². The van der Waals surface area contributed by atoms with Gasteiger partial charge in [0.15, 0.2) is 0 Å². The summed E-state index contributed by atoms with van der Waals surface area (Å²) in [5.41, 5.74) is 0. The van der Waals surface area contributed by atoms with Crippen molar-refractivity contribution in [2.75, 3.05) is 0 Å². The molecule has 0 aromatic heterocycles. The predicted molar refractivity (Wildman–Crippen MR) is 78.8 cm³/mol. The van der Waals surface area contributed by atoms with Crippen LogP contribution >= 0.6 is 23.2 Å². The monoisotopic (exact) mass is 496 g/mol. The Kier molecular flexibility index (Phi) is 9.20. The third-order valence-corrected chi connectivity index (χ3v) is 4.41. The zero-order chi connectivity index (χ0) is 17.0. The van der Waals surface area contributed by atoms with E-state index in [1.807, 2.05) is 0 Å². The van der Waals surface area contributed by atoms with Crippen LogP contribution in [0.1, 0.15) is 0 Å². The van der Waals surface area contributed by atoms with Crippen molar-refractivity contribution in [1.82, 2.24) is 0 Å². The molecule has 23 heavy (non-hydrogen) atoms. The van der Waals surface area contributed by atoms with Crippen molar-refractivity contribution in [2.24, 2.45) is 0 Å². The van der Waals surface area contributed by atoms with Gasteiger partial charge in [0.1, 0.15) is 20.2 Å². The molecule has 120 valence electrons. The van der Waals surface area contributed by atoms with Gasteiger partial charge in [-0.2, -0.15) is 0 Å². The van der Waals surface area contributed by atoms with Gasteiger partial charge in [-0.25, -0.2) is 16.8 Å². The summed E-state index contributed by atoms with van der Waals surface area (Å²) in [7, 11) is -8.66. The van der Waals surface area contributed by atoms with Crippen LogP contribution in [0.2, 0.25) is 10.0 Å². The van der Waals surface area contributed by atoms with Crippen LogP contribution in [0.5, 0.6) is 0 Å². The first kappa shape index (κ1) is 22.8. The van der Waals surface area contributed by atoms with Crippen LogP contribution in [0.3, 0.4) is 0 Å². The minimum atomic E-state index is -4.33. The molecule has 2 aromatic rings. The first-order valence-electron chi connectivity index (χ1n) is 5.43. The molecule has 11 heteroatoms. The largest absolute Gasteiger partial charge is 2.00 e. The van der Waals surface area contributed by atoms with Gasteiger partial charge in [0, 0.05) is 10.0 Å². The maximum atomic E-state index is 10.3. The molecule has 0 aliphatic heterocycles. The third-order valence-electron chi connectivity index (χ3n) is 2.20. The summed E-state index contributed by atoms with van der Waals surface area (Å²) in [5, 5.41) is 0.801. The molecule has 0 atom stereocenters. The standard InChI is InChI=1S/2C6H5ClO3S.Cd/c2*7-5-1-3-6(4-2-5)11(8,9)10;/h2*1-4H,(H,8,9,10);/q;;+2/p-2. The van der Waals surface area contributed by atoms with Crippen molar-refractivity contribution in [1.29, 1.82) is 0 Å². The predicted octanol–water partition coefficient (Wildman–Crippen LogP) is 2.49. The number of hydrogen-bond acceptors (Lipinski definition) is 6. The summed E-state index contributed by atoms with van der Waals surface area (Å²) in [4.78, 5) is -0.524. The van der Waals surface area contributed by atoms with Gasteiger partial charge in [-0.1, -0.05) is 23.2 Å². The van der Waals surface area contributed by atoms with Gasteiger partial charge in [-0.3, -0.25) is 0 Å². The van der Waals surface area contributed by atoms with Gasteiger partial charge >= 0.3 is 27.3 Å². The Morgan fingerprint density at radius 2 is 0.826 bits per heavy atom. The van der Waals surface area contributed by atoms with Gasteiger partial charge < -0.3 is 9.11 Å². The summed E-state index contributed by atoms with van der Waals surface area (Å²) in [6.45, 7) is 0. The van der Waals surface area contributed by atoms with Crippen LogP contribution in [-0.2, 0) is 47.5 Å². The molecule has 0 amide bonds. The van der Waals surface area contributed by atoms with Gasteiger partial charge in [0.25, 0.3) is 0 Å². The second-order valence-electron chi connectivity index (χ2n) is 3.82. The molecule has 0 spiro atoms. The summed E-state index contributed by atoms with van der Waals surface area (Å²) >= 11 is 10.9. The minimum absolute atomic E-state index is 0. The SMILES string of the molecule is O=S(=O)([O-])c1ccc(Cl)cc1.O=S(=O)([O-])c1ccc(Cl)cc1.[Cd+2].